The lowest BCUT2D eigenvalue weighted by atomic mass is 10.1. The zero-order chi connectivity index (χ0) is 18.2. The molecular weight excluding hydrogens is 328 g/mol. The second-order valence-corrected chi connectivity index (χ2v) is 7.52. The van der Waals surface area contributed by atoms with E-state index in [0.717, 1.165) is 11.3 Å². The van der Waals surface area contributed by atoms with Crippen LogP contribution in [0.5, 0.6) is 5.75 Å². The Morgan fingerprint density at radius 2 is 1.75 bits per heavy atom. The van der Waals surface area contributed by atoms with Gasteiger partial charge >= 0.3 is 0 Å². The smallest absolute Gasteiger partial charge is 0.223 e. The van der Waals surface area contributed by atoms with Gasteiger partial charge in [-0.1, -0.05) is 18.2 Å². The Morgan fingerprint density at radius 3 is 2.29 bits per heavy atom. The molecule has 0 aliphatic rings. The molecule has 24 heavy (non-hydrogen) atoms. The van der Waals surface area contributed by atoms with Crippen LogP contribution in [0.3, 0.4) is 0 Å². The number of carbonyl (C=O) groups excluding carboxylic acids is 1. The Kier molecular flexibility index (Phi) is 8.21. The maximum Gasteiger partial charge on any atom is 0.223 e. The molecule has 0 unspecified atom stereocenters. The summed E-state index contributed by atoms with van der Waals surface area (Å²) in [7, 11) is -1.77. The summed E-state index contributed by atoms with van der Waals surface area (Å²) in [5.41, 5.74) is 0.948. The summed E-state index contributed by atoms with van der Waals surface area (Å²) in [6, 6.07) is 7.54. The van der Waals surface area contributed by atoms with Crippen LogP contribution in [0.25, 0.3) is 0 Å². The number of hydrogen-bond donors (Lipinski definition) is 0. The van der Waals surface area contributed by atoms with E-state index in [1.165, 1.54) is 10.6 Å². The van der Waals surface area contributed by atoms with E-state index in [2.05, 4.69) is 0 Å². The number of carbonyl (C=O) groups is 1. The molecule has 0 spiro atoms. The molecule has 0 saturated carbocycles. The first-order valence-electron chi connectivity index (χ1n) is 8.18. The van der Waals surface area contributed by atoms with Gasteiger partial charge in [-0.25, -0.2) is 12.7 Å². The van der Waals surface area contributed by atoms with Gasteiger partial charge in [0.2, 0.25) is 15.9 Å². The van der Waals surface area contributed by atoms with Crippen molar-refractivity contribution in [1.29, 1.82) is 0 Å². The van der Waals surface area contributed by atoms with Crippen LogP contribution in [-0.2, 0) is 21.2 Å². The molecule has 1 aromatic rings. The molecule has 0 fully saturated rings. The monoisotopic (exact) mass is 356 g/mol. The van der Waals surface area contributed by atoms with Gasteiger partial charge < -0.3 is 9.64 Å². The Bertz CT molecular complexity index is 627. The number of ether oxygens (including phenoxy) is 1. The maximum absolute atomic E-state index is 12.1. The van der Waals surface area contributed by atoms with Gasteiger partial charge in [-0.05, 0) is 31.9 Å². The predicted molar refractivity (Wildman–Crippen MR) is 95.7 cm³/mol. The topological polar surface area (TPSA) is 66.9 Å². The largest absolute Gasteiger partial charge is 0.496 e. The SMILES string of the molecule is CCN(CC)C(=O)CCN(CCc1ccccc1OC)S(C)(=O)=O. The van der Waals surface area contributed by atoms with E-state index >= 15 is 0 Å². The van der Waals surface area contributed by atoms with E-state index in [9.17, 15) is 13.2 Å². The zero-order valence-corrected chi connectivity index (χ0v) is 15.8. The highest BCUT2D eigenvalue weighted by atomic mass is 32.2. The van der Waals surface area contributed by atoms with Crippen LogP contribution in [0.4, 0.5) is 0 Å². The molecule has 0 heterocycles. The fraction of sp³-hybridized carbons (Fsp3) is 0.588. The number of nitrogens with zero attached hydrogens (tertiary/aromatic N) is 2. The van der Waals surface area contributed by atoms with Crippen molar-refractivity contribution in [2.75, 3.05) is 39.5 Å². The number of para-hydroxylation sites is 1. The summed E-state index contributed by atoms with van der Waals surface area (Å²) in [6.45, 7) is 5.62. The molecule has 0 radical (unpaired) electrons. The summed E-state index contributed by atoms with van der Waals surface area (Å²) in [5, 5.41) is 0. The Balaban J connectivity index is 2.72. The summed E-state index contributed by atoms with van der Waals surface area (Å²) < 4.78 is 30.7. The van der Waals surface area contributed by atoms with Gasteiger partial charge in [-0.2, -0.15) is 0 Å². The van der Waals surface area contributed by atoms with E-state index in [1.54, 1.807) is 12.0 Å². The van der Waals surface area contributed by atoms with Crippen molar-refractivity contribution in [1.82, 2.24) is 9.21 Å². The zero-order valence-electron chi connectivity index (χ0n) is 15.0. The van der Waals surface area contributed by atoms with Crippen LogP contribution in [0.2, 0.25) is 0 Å². The van der Waals surface area contributed by atoms with Gasteiger partial charge in [0.05, 0.1) is 13.4 Å². The van der Waals surface area contributed by atoms with Crippen molar-refractivity contribution in [2.45, 2.75) is 26.7 Å². The fourth-order valence-electron chi connectivity index (χ4n) is 2.55. The van der Waals surface area contributed by atoms with Crippen molar-refractivity contribution in [3.8, 4) is 5.75 Å². The number of sulfonamides is 1. The molecule has 0 aromatic heterocycles. The van der Waals surface area contributed by atoms with Crippen LogP contribution < -0.4 is 4.74 Å². The van der Waals surface area contributed by atoms with Crippen LogP contribution in [0.1, 0.15) is 25.8 Å². The highest BCUT2D eigenvalue weighted by Gasteiger charge is 2.19. The van der Waals surface area contributed by atoms with E-state index in [1.807, 2.05) is 38.1 Å². The van der Waals surface area contributed by atoms with E-state index in [0.29, 0.717) is 26.1 Å². The molecule has 0 atom stereocenters. The number of amides is 1. The second-order valence-electron chi connectivity index (χ2n) is 5.54. The van der Waals surface area contributed by atoms with Crippen LogP contribution >= 0.6 is 0 Å². The summed E-state index contributed by atoms with van der Waals surface area (Å²) in [6.07, 6.45) is 1.91. The second kappa shape index (κ2) is 9.64. The number of hydrogen-bond acceptors (Lipinski definition) is 4. The summed E-state index contributed by atoms with van der Waals surface area (Å²) in [5.74, 6) is 0.719. The van der Waals surface area contributed by atoms with Gasteiger partial charge in [0.1, 0.15) is 5.75 Å². The van der Waals surface area contributed by atoms with Crippen molar-refractivity contribution >= 4 is 15.9 Å². The number of benzene rings is 1. The van der Waals surface area contributed by atoms with Gasteiger partial charge in [0, 0.05) is 32.6 Å². The Labute approximate surface area is 145 Å². The van der Waals surface area contributed by atoms with Crippen LogP contribution in [-0.4, -0.2) is 63.1 Å². The molecular formula is C17H28N2O4S. The van der Waals surface area contributed by atoms with Gasteiger partial charge in [0.15, 0.2) is 0 Å². The number of rotatable bonds is 10. The average molecular weight is 356 g/mol. The first-order chi connectivity index (χ1) is 11.3. The molecule has 6 nitrogen and oxygen atoms in total. The van der Waals surface area contributed by atoms with Crippen LogP contribution in [0, 0.1) is 0 Å². The predicted octanol–water partition coefficient (Wildman–Crippen LogP) is 1.76. The summed E-state index contributed by atoms with van der Waals surface area (Å²) >= 11 is 0. The molecule has 1 rings (SSSR count). The van der Waals surface area contributed by atoms with E-state index < -0.39 is 10.0 Å². The minimum atomic E-state index is -3.37. The van der Waals surface area contributed by atoms with Crippen molar-refractivity contribution < 1.29 is 17.9 Å². The molecule has 0 aliphatic carbocycles. The third kappa shape index (κ3) is 6.13. The third-order valence-electron chi connectivity index (χ3n) is 3.98. The minimum Gasteiger partial charge on any atom is -0.496 e. The molecule has 7 heteroatoms. The van der Waals surface area contributed by atoms with E-state index in [-0.39, 0.29) is 18.9 Å². The fourth-order valence-corrected chi connectivity index (χ4v) is 3.40. The van der Waals surface area contributed by atoms with Gasteiger partial charge in [-0.3, -0.25) is 4.79 Å². The molecule has 0 N–H and O–H groups in total. The molecule has 0 bridgehead atoms. The lowest BCUT2D eigenvalue weighted by Gasteiger charge is -2.23. The third-order valence-corrected chi connectivity index (χ3v) is 5.29. The first-order valence-corrected chi connectivity index (χ1v) is 10.0. The van der Waals surface area contributed by atoms with Gasteiger partial charge in [-0.15, -0.1) is 0 Å². The lowest BCUT2D eigenvalue weighted by Crippen LogP contribution is -2.37. The molecule has 1 aromatic carbocycles. The standard InChI is InChI=1S/C17H28N2O4S/c1-5-18(6-2)17(20)12-14-19(24(4,21)22)13-11-15-9-7-8-10-16(15)23-3/h7-10H,5-6,11-14H2,1-4H3. The van der Waals surface area contributed by atoms with Crippen LogP contribution in [0.15, 0.2) is 24.3 Å². The minimum absolute atomic E-state index is 0.0223. The van der Waals surface area contributed by atoms with Crippen molar-refractivity contribution in [3.05, 3.63) is 29.8 Å². The molecule has 1 amide bonds. The Hall–Kier alpha value is -1.60. The lowest BCUT2D eigenvalue weighted by molar-refractivity contribution is -0.130. The van der Waals surface area contributed by atoms with Gasteiger partial charge in [0.25, 0.3) is 0 Å². The highest BCUT2D eigenvalue weighted by molar-refractivity contribution is 7.88. The van der Waals surface area contributed by atoms with Crippen molar-refractivity contribution in [3.63, 3.8) is 0 Å². The Morgan fingerprint density at radius 1 is 1.12 bits per heavy atom. The molecule has 0 saturated heterocycles. The normalized spacial score (nSPS) is 11.5. The number of methoxy groups -OCH3 is 1. The summed E-state index contributed by atoms with van der Waals surface area (Å²) in [4.78, 5) is 13.8. The maximum atomic E-state index is 12.1. The highest BCUT2D eigenvalue weighted by Crippen LogP contribution is 2.18. The first kappa shape index (κ1) is 20.4. The average Bonchev–Trinajstić information content (AvgIpc) is 2.55. The molecule has 0 aliphatic heterocycles. The molecule has 136 valence electrons. The van der Waals surface area contributed by atoms with E-state index in [4.69, 9.17) is 4.74 Å². The quantitative estimate of drug-likeness (QED) is 0.641. The van der Waals surface area contributed by atoms with Crippen molar-refractivity contribution in [2.24, 2.45) is 0 Å².